The highest BCUT2D eigenvalue weighted by Gasteiger charge is 2.17. The molecule has 0 amide bonds. The zero-order chi connectivity index (χ0) is 15.3. The third-order valence-corrected chi connectivity index (χ3v) is 5.34. The van der Waals surface area contributed by atoms with Crippen molar-refractivity contribution in [2.45, 2.75) is 45.4 Å². The molecule has 0 aliphatic carbocycles. The average molecular weight is 299 g/mol. The Morgan fingerprint density at radius 2 is 1.90 bits per heavy atom. The summed E-state index contributed by atoms with van der Waals surface area (Å²) < 4.78 is 29.3. The van der Waals surface area contributed by atoms with Crippen LogP contribution in [0.4, 0.5) is 0 Å². The fourth-order valence-corrected chi connectivity index (χ4v) is 2.71. The van der Waals surface area contributed by atoms with Crippen LogP contribution in [0, 0.1) is 6.92 Å². The quantitative estimate of drug-likeness (QED) is 0.837. The molecule has 0 fully saturated rings. The lowest BCUT2D eigenvalue weighted by Crippen LogP contribution is -2.23. The van der Waals surface area contributed by atoms with E-state index < -0.39 is 9.84 Å². The lowest BCUT2D eigenvalue weighted by molar-refractivity contribution is 0.334. The molecule has 0 heterocycles. The summed E-state index contributed by atoms with van der Waals surface area (Å²) in [5.74, 6) is 0.806. The maximum atomic E-state index is 11.8. The maximum absolute atomic E-state index is 11.8. The molecular weight excluding hydrogens is 274 g/mol. The van der Waals surface area contributed by atoms with E-state index in [-0.39, 0.29) is 23.7 Å². The van der Waals surface area contributed by atoms with Crippen molar-refractivity contribution in [1.29, 1.82) is 0 Å². The van der Waals surface area contributed by atoms with Crippen LogP contribution in [0.1, 0.15) is 31.9 Å². The highest BCUT2D eigenvalue weighted by Crippen LogP contribution is 2.24. The predicted octanol–water partition coefficient (Wildman–Crippen LogP) is 2.09. The molecule has 0 aliphatic heterocycles. The van der Waals surface area contributed by atoms with Gasteiger partial charge in [-0.2, -0.15) is 0 Å². The fraction of sp³-hybridized carbons (Fsp3) is 0.600. The van der Waals surface area contributed by atoms with Gasteiger partial charge < -0.3 is 10.5 Å². The van der Waals surface area contributed by atoms with Gasteiger partial charge in [0.1, 0.15) is 12.4 Å². The molecule has 1 atom stereocenters. The van der Waals surface area contributed by atoms with Crippen LogP contribution in [0.5, 0.6) is 5.75 Å². The molecular formula is C15H25NO3S. The Morgan fingerprint density at radius 1 is 1.25 bits per heavy atom. The van der Waals surface area contributed by atoms with Gasteiger partial charge >= 0.3 is 0 Å². The van der Waals surface area contributed by atoms with Crippen LogP contribution in [0.15, 0.2) is 18.2 Å². The Kier molecular flexibility index (Phi) is 6.02. The molecule has 0 saturated carbocycles. The minimum Gasteiger partial charge on any atom is -0.492 e. The fourth-order valence-electron chi connectivity index (χ4n) is 1.92. The summed E-state index contributed by atoms with van der Waals surface area (Å²) in [6.45, 7) is 7.44. The van der Waals surface area contributed by atoms with Gasteiger partial charge in [-0.3, -0.25) is 0 Å². The molecule has 0 aromatic heterocycles. The summed E-state index contributed by atoms with van der Waals surface area (Å²) in [6, 6.07) is 5.93. The molecule has 0 radical (unpaired) electrons. The summed E-state index contributed by atoms with van der Waals surface area (Å²) >= 11 is 0. The first kappa shape index (κ1) is 17.0. The van der Waals surface area contributed by atoms with E-state index in [0.717, 1.165) is 16.9 Å². The van der Waals surface area contributed by atoms with Gasteiger partial charge in [-0.15, -0.1) is 0 Å². The molecule has 2 N–H and O–H groups in total. The molecule has 0 saturated heterocycles. The summed E-state index contributed by atoms with van der Waals surface area (Å²) in [5, 5.41) is -0.369. The second-order valence-electron chi connectivity index (χ2n) is 5.51. The van der Waals surface area contributed by atoms with Crippen molar-refractivity contribution in [1.82, 2.24) is 0 Å². The van der Waals surface area contributed by atoms with Crippen molar-refractivity contribution in [3.63, 3.8) is 0 Å². The largest absolute Gasteiger partial charge is 0.492 e. The molecule has 1 unspecified atom stereocenters. The van der Waals surface area contributed by atoms with Crippen molar-refractivity contribution in [3.8, 4) is 5.75 Å². The van der Waals surface area contributed by atoms with Crippen LogP contribution < -0.4 is 10.5 Å². The molecule has 4 nitrogen and oxygen atoms in total. The van der Waals surface area contributed by atoms with Crippen LogP contribution in [0.25, 0.3) is 0 Å². The monoisotopic (exact) mass is 299 g/mol. The van der Waals surface area contributed by atoms with Crippen LogP contribution >= 0.6 is 0 Å². The molecule has 0 bridgehead atoms. The van der Waals surface area contributed by atoms with E-state index in [1.165, 1.54) is 0 Å². The van der Waals surface area contributed by atoms with E-state index in [2.05, 4.69) is 0 Å². The van der Waals surface area contributed by atoms with Crippen LogP contribution in [-0.4, -0.2) is 32.1 Å². The zero-order valence-corrected chi connectivity index (χ0v) is 13.5. The molecule has 20 heavy (non-hydrogen) atoms. The van der Waals surface area contributed by atoms with Gasteiger partial charge in [0.15, 0.2) is 9.84 Å². The summed E-state index contributed by atoms with van der Waals surface area (Å²) in [6.07, 6.45) is 0.716. The number of ether oxygens (including phenoxy) is 1. The lowest BCUT2D eigenvalue weighted by Gasteiger charge is -2.16. The van der Waals surface area contributed by atoms with E-state index in [4.69, 9.17) is 10.5 Å². The van der Waals surface area contributed by atoms with Crippen LogP contribution in [0.2, 0.25) is 0 Å². The summed E-state index contributed by atoms with van der Waals surface area (Å²) in [7, 11) is -3.07. The molecule has 5 heteroatoms. The first-order valence-corrected chi connectivity index (χ1v) is 8.64. The van der Waals surface area contributed by atoms with Crippen LogP contribution in [0.3, 0.4) is 0 Å². The Morgan fingerprint density at radius 3 is 2.45 bits per heavy atom. The molecule has 114 valence electrons. The molecule has 0 spiro atoms. The summed E-state index contributed by atoms with van der Waals surface area (Å²) in [4.78, 5) is 0. The van der Waals surface area contributed by atoms with Gasteiger partial charge in [0, 0.05) is 6.04 Å². The first-order chi connectivity index (χ1) is 9.24. The zero-order valence-electron chi connectivity index (χ0n) is 12.7. The highest BCUT2D eigenvalue weighted by molar-refractivity contribution is 7.91. The molecule has 0 aliphatic rings. The van der Waals surface area contributed by atoms with Gasteiger partial charge in [0.05, 0.1) is 11.0 Å². The van der Waals surface area contributed by atoms with Crippen LogP contribution in [-0.2, 0) is 16.3 Å². The Balaban J connectivity index is 2.77. The number of hydrogen-bond acceptors (Lipinski definition) is 4. The third kappa shape index (κ3) is 4.80. The van der Waals surface area contributed by atoms with Crippen molar-refractivity contribution >= 4 is 9.84 Å². The number of para-hydroxylation sites is 1. The molecule has 1 rings (SSSR count). The molecule has 1 aromatic carbocycles. The van der Waals surface area contributed by atoms with E-state index in [1.807, 2.05) is 32.0 Å². The van der Waals surface area contributed by atoms with Gasteiger partial charge in [-0.25, -0.2) is 8.42 Å². The standard InChI is InChI=1S/C15H25NO3S/c1-11(2)20(17,18)9-8-19-15-12(3)6-5-7-14(15)10-13(4)16/h5-7,11,13H,8-10,16H2,1-4H3. The normalized spacial score (nSPS) is 13.5. The van der Waals surface area contributed by atoms with Crippen molar-refractivity contribution in [2.24, 2.45) is 5.73 Å². The van der Waals surface area contributed by atoms with Gasteiger partial charge in [0.25, 0.3) is 0 Å². The SMILES string of the molecule is Cc1cccc(CC(C)N)c1OCCS(=O)(=O)C(C)C. The molecule has 1 aromatic rings. The van der Waals surface area contributed by atoms with Gasteiger partial charge in [-0.1, -0.05) is 18.2 Å². The van der Waals surface area contributed by atoms with Crippen molar-refractivity contribution in [3.05, 3.63) is 29.3 Å². The lowest BCUT2D eigenvalue weighted by atomic mass is 10.0. The third-order valence-electron chi connectivity index (χ3n) is 3.17. The number of aryl methyl sites for hydroxylation is 1. The van der Waals surface area contributed by atoms with Gasteiger partial charge in [0.2, 0.25) is 0 Å². The Labute approximate surface area is 122 Å². The maximum Gasteiger partial charge on any atom is 0.155 e. The highest BCUT2D eigenvalue weighted by atomic mass is 32.2. The Hall–Kier alpha value is -1.07. The second kappa shape index (κ2) is 7.09. The Bertz CT molecular complexity index is 536. The first-order valence-electron chi connectivity index (χ1n) is 6.92. The van der Waals surface area contributed by atoms with E-state index in [0.29, 0.717) is 6.42 Å². The second-order valence-corrected chi connectivity index (χ2v) is 8.19. The number of benzene rings is 1. The number of hydrogen-bond donors (Lipinski definition) is 1. The van der Waals surface area contributed by atoms with E-state index >= 15 is 0 Å². The van der Waals surface area contributed by atoms with E-state index in [1.54, 1.807) is 13.8 Å². The minimum absolute atomic E-state index is 0.0383. The predicted molar refractivity (Wildman–Crippen MR) is 83.0 cm³/mol. The minimum atomic E-state index is -3.07. The van der Waals surface area contributed by atoms with Crippen molar-refractivity contribution < 1.29 is 13.2 Å². The topological polar surface area (TPSA) is 69.4 Å². The van der Waals surface area contributed by atoms with E-state index in [9.17, 15) is 8.42 Å². The number of nitrogens with two attached hydrogens (primary N) is 1. The smallest absolute Gasteiger partial charge is 0.155 e. The number of rotatable bonds is 7. The average Bonchev–Trinajstić information content (AvgIpc) is 2.31. The van der Waals surface area contributed by atoms with Gasteiger partial charge in [-0.05, 0) is 45.2 Å². The number of sulfone groups is 1. The van der Waals surface area contributed by atoms with Crippen molar-refractivity contribution in [2.75, 3.05) is 12.4 Å². The summed E-state index contributed by atoms with van der Waals surface area (Å²) in [5.41, 5.74) is 7.86.